The van der Waals surface area contributed by atoms with E-state index < -0.39 is 11.8 Å². The van der Waals surface area contributed by atoms with E-state index in [1.807, 2.05) is 0 Å². The third kappa shape index (κ3) is 2.23. The van der Waals surface area contributed by atoms with E-state index in [1.165, 1.54) is 13.1 Å². The lowest BCUT2D eigenvalue weighted by atomic mass is 10.2. The molecule has 0 saturated carbocycles. The highest BCUT2D eigenvalue weighted by Crippen LogP contribution is 2.24. The van der Waals surface area contributed by atoms with Crippen molar-refractivity contribution in [1.82, 2.24) is 5.32 Å². The van der Waals surface area contributed by atoms with E-state index in [1.54, 1.807) is 13.0 Å². The molecule has 0 heterocycles. The number of urea groups is 1. The Morgan fingerprint density at radius 2 is 2.14 bits per heavy atom. The Morgan fingerprint density at radius 1 is 1.50 bits per heavy atom. The number of anilines is 1. The van der Waals surface area contributed by atoms with Gasteiger partial charge in [0.15, 0.2) is 5.82 Å². The lowest BCUT2D eigenvalue weighted by Gasteiger charge is -2.08. The Balaban J connectivity index is 3.00. The Kier molecular flexibility index (Phi) is 3.46. The molecule has 14 heavy (non-hydrogen) atoms. The van der Waals surface area contributed by atoms with Crippen LogP contribution in [0.15, 0.2) is 16.6 Å². The van der Waals surface area contributed by atoms with E-state index in [0.717, 1.165) is 0 Å². The van der Waals surface area contributed by atoms with Crippen molar-refractivity contribution >= 4 is 27.6 Å². The van der Waals surface area contributed by atoms with Crippen molar-refractivity contribution in [1.29, 1.82) is 0 Å². The van der Waals surface area contributed by atoms with Gasteiger partial charge in [-0.15, -0.1) is 0 Å². The van der Waals surface area contributed by atoms with Crippen LogP contribution in [0.25, 0.3) is 0 Å². The van der Waals surface area contributed by atoms with Crippen LogP contribution >= 0.6 is 15.9 Å². The number of benzene rings is 1. The van der Waals surface area contributed by atoms with E-state index in [0.29, 0.717) is 10.0 Å². The third-order valence-corrected chi connectivity index (χ3v) is 2.65. The molecule has 76 valence electrons. The van der Waals surface area contributed by atoms with E-state index >= 15 is 0 Å². The van der Waals surface area contributed by atoms with E-state index in [-0.39, 0.29) is 5.69 Å². The summed E-state index contributed by atoms with van der Waals surface area (Å²) in [5.41, 5.74) is 0.643. The summed E-state index contributed by atoms with van der Waals surface area (Å²) in [5.74, 6) is -0.428. The molecule has 0 atom stereocenters. The lowest BCUT2D eigenvalue weighted by molar-refractivity contribution is 0.254. The largest absolute Gasteiger partial charge is 0.341 e. The van der Waals surface area contributed by atoms with Crippen molar-refractivity contribution in [3.63, 3.8) is 0 Å². The van der Waals surface area contributed by atoms with Gasteiger partial charge in [0.05, 0.1) is 5.69 Å². The van der Waals surface area contributed by atoms with Crippen LogP contribution in [0.2, 0.25) is 0 Å². The quantitative estimate of drug-likeness (QED) is 0.801. The molecule has 5 heteroatoms. The molecule has 0 saturated heterocycles. The molecular formula is C9H10BrFN2O. The van der Waals surface area contributed by atoms with Crippen molar-refractivity contribution in [3.05, 3.63) is 28.0 Å². The smallest absolute Gasteiger partial charge is 0.319 e. The van der Waals surface area contributed by atoms with Gasteiger partial charge in [0, 0.05) is 17.1 Å². The van der Waals surface area contributed by atoms with E-state index in [2.05, 4.69) is 26.6 Å². The molecule has 1 aromatic rings. The second kappa shape index (κ2) is 4.41. The lowest BCUT2D eigenvalue weighted by Crippen LogP contribution is -2.25. The molecule has 1 aromatic carbocycles. The number of nitrogens with one attached hydrogen (secondary N) is 2. The first kappa shape index (κ1) is 11.0. The van der Waals surface area contributed by atoms with Crippen LogP contribution in [0.1, 0.15) is 5.56 Å². The number of rotatable bonds is 1. The van der Waals surface area contributed by atoms with Gasteiger partial charge in [-0.1, -0.05) is 15.9 Å². The van der Waals surface area contributed by atoms with Crippen molar-refractivity contribution in [2.24, 2.45) is 0 Å². The summed E-state index contributed by atoms with van der Waals surface area (Å²) in [4.78, 5) is 10.9. The fraction of sp³-hybridized carbons (Fsp3) is 0.222. The van der Waals surface area contributed by atoms with Gasteiger partial charge >= 0.3 is 6.03 Å². The zero-order valence-corrected chi connectivity index (χ0v) is 9.40. The zero-order valence-electron chi connectivity index (χ0n) is 7.82. The molecule has 3 nitrogen and oxygen atoms in total. The number of hydrogen-bond donors (Lipinski definition) is 2. The second-order valence-electron chi connectivity index (χ2n) is 2.74. The molecule has 0 bridgehead atoms. The Labute approximate surface area is 89.8 Å². The summed E-state index contributed by atoms with van der Waals surface area (Å²) in [5, 5.41) is 4.73. The summed E-state index contributed by atoms with van der Waals surface area (Å²) in [6, 6.07) is 2.75. The molecule has 1 rings (SSSR count). The number of halogens is 2. The maximum atomic E-state index is 13.5. The van der Waals surface area contributed by atoms with Crippen LogP contribution in [0.5, 0.6) is 0 Å². The normalized spacial score (nSPS) is 9.71. The first-order chi connectivity index (χ1) is 6.56. The maximum Gasteiger partial charge on any atom is 0.319 e. The fourth-order valence-corrected chi connectivity index (χ4v) is 1.25. The summed E-state index contributed by atoms with van der Waals surface area (Å²) < 4.78 is 14.2. The highest BCUT2D eigenvalue weighted by atomic mass is 79.9. The minimum atomic E-state index is -0.439. The van der Waals surface area contributed by atoms with Crippen LogP contribution in [-0.2, 0) is 0 Å². The van der Waals surface area contributed by atoms with Gasteiger partial charge in [0.2, 0.25) is 0 Å². The average Bonchev–Trinajstić information content (AvgIpc) is 2.19. The second-order valence-corrected chi connectivity index (χ2v) is 3.59. The molecule has 2 amide bonds. The molecule has 0 aliphatic rings. The van der Waals surface area contributed by atoms with Crippen molar-refractivity contribution < 1.29 is 9.18 Å². The summed E-state index contributed by atoms with van der Waals surface area (Å²) in [6.07, 6.45) is 0. The third-order valence-electron chi connectivity index (χ3n) is 1.80. The van der Waals surface area contributed by atoms with Crippen LogP contribution in [0.4, 0.5) is 14.9 Å². The van der Waals surface area contributed by atoms with Gasteiger partial charge in [-0.05, 0) is 19.1 Å². The highest BCUT2D eigenvalue weighted by molar-refractivity contribution is 9.10. The van der Waals surface area contributed by atoms with Gasteiger partial charge in [-0.25, -0.2) is 9.18 Å². The molecule has 0 aromatic heterocycles. The SMILES string of the molecule is CNC(=O)Nc1ccc(Br)c(C)c1F. The molecule has 0 spiro atoms. The Bertz CT molecular complexity index is 368. The summed E-state index contributed by atoms with van der Waals surface area (Å²) in [7, 11) is 1.47. The summed E-state index contributed by atoms with van der Waals surface area (Å²) >= 11 is 3.20. The molecule has 0 aliphatic carbocycles. The molecule has 0 unspecified atom stereocenters. The van der Waals surface area contributed by atoms with Crippen molar-refractivity contribution in [3.8, 4) is 0 Å². The molecule has 0 radical (unpaired) electrons. The molecule has 2 N–H and O–H groups in total. The Morgan fingerprint density at radius 3 is 2.71 bits per heavy atom. The van der Waals surface area contributed by atoms with Crippen LogP contribution in [0.3, 0.4) is 0 Å². The van der Waals surface area contributed by atoms with Gasteiger partial charge in [-0.2, -0.15) is 0 Å². The minimum absolute atomic E-state index is 0.171. The predicted molar refractivity (Wildman–Crippen MR) is 56.9 cm³/mol. The fourth-order valence-electron chi connectivity index (χ4n) is 0.943. The Hall–Kier alpha value is -1.10. The molecule has 0 aliphatic heterocycles. The monoisotopic (exact) mass is 260 g/mol. The molecular weight excluding hydrogens is 251 g/mol. The van der Waals surface area contributed by atoms with E-state index in [4.69, 9.17) is 0 Å². The van der Waals surface area contributed by atoms with Crippen LogP contribution in [-0.4, -0.2) is 13.1 Å². The predicted octanol–water partition coefficient (Wildman–Crippen LogP) is 2.65. The highest BCUT2D eigenvalue weighted by Gasteiger charge is 2.09. The minimum Gasteiger partial charge on any atom is -0.341 e. The average molecular weight is 261 g/mol. The van der Waals surface area contributed by atoms with Gasteiger partial charge < -0.3 is 10.6 Å². The first-order valence-corrected chi connectivity index (χ1v) is 4.79. The van der Waals surface area contributed by atoms with Gasteiger partial charge in [0.1, 0.15) is 0 Å². The molecule has 0 fully saturated rings. The van der Waals surface area contributed by atoms with Crippen LogP contribution in [0, 0.1) is 12.7 Å². The maximum absolute atomic E-state index is 13.5. The zero-order chi connectivity index (χ0) is 10.7. The van der Waals surface area contributed by atoms with Gasteiger partial charge in [-0.3, -0.25) is 0 Å². The number of hydrogen-bond acceptors (Lipinski definition) is 1. The number of amides is 2. The topological polar surface area (TPSA) is 41.1 Å². The van der Waals surface area contributed by atoms with Crippen LogP contribution < -0.4 is 10.6 Å². The summed E-state index contributed by atoms with van der Waals surface area (Å²) in [6.45, 7) is 1.63. The van der Waals surface area contributed by atoms with Crippen molar-refractivity contribution in [2.45, 2.75) is 6.92 Å². The number of carbonyl (C=O) groups excluding carboxylic acids is 1. The van der Waals surface area contributed by atoms with Gasteiger partial charge in [0.25, 0.3) is 0 Å². The van der Waals surface area contributed by atoms with Crippen molar-refractivity contribution in [2.75, 3.05) is 12.4 Å². The van der Waals surface area contributed by atoms with E-state index in [9.17, 15) is 9.18 Å². The number of carbonyl (C=O) groups is 1. The first-order valence-electron chi connectivity index (χ1n) is 3.99. The standard InChI is InChI=1S/C9H10BrFN2O/c1-5-6(10)3-4-7(8(5)11)13-9(14)12-2/h3-4H,1-2H3,(H2,12,13,14).